The molecule has 7 heteroatoms. The molecular weight excluding hydrogens is 313 g/mol. The first-order valence-electron chi connectivity index (χ1n) is 6.47. The zero-order chi connectivity index (χ0) is 14.8. The summed E-state index contributed by atoms with van der Waals surface area (Å²) in [5.41, 5.74) is 0.854. The lowest BCUT2D eigenvalue weighted by molar-refractivity contribution is 0.423. The predicted octanol–water partition coefficient (Wildman–Crippen LogP) is 4.09. The molecule has 0 aliphatic carbocycles. The first-order valence-corrected chi connectivity index (χ1v) is 7.73. The van der Waals surface area contributed by atoms with Gasteiger partial charge in [0.25, 0.3) is 0 Å². The summed E-state index contributed by atoms with van der Waals surface area (Å²) in [5.74, 6) is -0.111. The molecule has 3 rings (SSSR count). The summed E-state index contributed by atoms with van der Waals surface area (Å²) >= 11 is 7.27. The zero-order valence-corrected chi connectivity index (χ0v) is 12.8. The number of aromatic nitrogens is 2. The molecule has 0 spiro atoms. The SMILES string of the molecule is CCNCc1c(Oc2cccc(Cl)c2F)nc2sccn12. The minimum Gasteiger partial charge on any atom is -0.434 e. The Balaban J connectivity index is 1.99. The molecule has 3 aromatic rings. The molecule has 0 saturated heterocycles. The highest BCUT2D eigenvalue weighted by Gasteiger charge is 2.17. The number of benzene rings is 1. The summed E-state index contributed by atoms with van der Waals surface area (Å²) < 4.78 is 21.5. The Hall–Kier alpha value is -1.63. The third-order valence-electron chi connectivity index (χ3n) is 2.99. The number of hydrogen-bond donors (Lipinski definition) is 1. The molecule has 0 fully saturated rings. The van der Waals surface area contributed by atoms with Crippen molar-refractivity contribution in [3.8, 4) is 11.6 Å². The molecule has 0 radical (unpaired) electrons. The second kappa shape index (κ2) is 6.01. The molecule has 2 aromatic heterocycles. The highest BCUT2D eigenvalue weighted by atomic mass is 35.5. The van der Waals surface area contributed by atoms with Crippen LogP contribution in [0.4, 0.5) is 4.39 Å². The largest absolute Gasteiger partial charge is 0.434 e. The standard InChI is InChI=1S/C14H13ClFN3OS/c1-2-17-8-10-13(18-14-19(10)6-7-21-14)20-11-5-3-4-9(15)12(11)16/h3-7,17H,2,8H2,1H3. The predicted molar refractivity (Wildman–Crippen MR) is 81.9 cm³/mol. The van der Waals surface area contributed by atoms with Gasteiger partial charge >= 0.3 is 0 Å². The van der Waals surface area contributed by atoms with Gasteiger partial charge in [-0.2, -0.15) is 4.98 Å². The number of thiazole rings is 1. The monoisotopic (exact) mass is 325 g/mol. The van der Waals surface area contributed by atoms with Gasteiger partial charge in [-0.1, -0.05) is 24.6 Å². The van der Waals surface area contributed by atoms with Gasteiger partial charge in [0.2, 0.25) is 5.88 Å². The molecule has 0 aliphatic heterocycles. The Bertz CT molecular complexity index is 771. The van der Waals surface area contributed by atoms with Crippen molar-refractivity contribution in [1.29, 1.82) is 0 Å². The van der Waals surface area contributed by atoms with E-state index in [1.165, 1.54) is 23.5 Å². The fourth-order valence-electron chi connectivity index (χ4n) is 1.97. The summed E-state index contributed by atoms with van der Waals surface area (Å²) in [4.78, 5) is 5.21. The number of nitrogens with zero attached hydrogens (tertiary/aromatic N) is 2. The normalized spacial score (nSPS) is 11.2. The number of halogens is 2. The molecule has 0 unspecified atom stereocenters. The third-order valence-corrected chi connectivity index (χ3v) is 4.04. The van der Waals surface area contributed by atoms with Crippen molar-refractivity contribution in [2.45, 2.75) is 13.5 Å². The molecular formula is C14H13ClFN3OS. The molecule has 0 amide bonds. The van der Waals surface area contributed by atoms with Gasteiger partial charge in [-0.15, -0.1) is 11.3 Å². The number of hydrogen-bond acceptors (Lipinski definition) is 4. The van der Waals surface area contributed by atoms with E-state index in [1.807, 2.05) is 22.9 Å². The number of rotatable bonds is 5. The lowest BCUT2D eigenvalue weighted by Crippen LogP contribution is -2.13. The lowest BCUT2D eigenvalue weighted by atomic mass is 10.3. The van der Waals surface area contributed by atoms with E-state index in [0.717, 1.165) is 17.2 Å². The van der Waals surface area contributed by atoms with E-state index in [4.69, 9.17) is 16.3 Å². The van der Waals surface area contributed by atoms with E-state index in [-0.39, 0.29) is 10.8 Å². The molecule has 0 aliphatic rings. The van der Waals surface area contributed by atoms with Crippen molar-refractivity contribution in [1.82, 2.24) is 14.7 Å². The summed E-state index contributed by atoms with van der Waals surface area (Å²) in [6, 6.07) is 4.66. The van der Waals surface area contributed by atoms with Crippen LogP contribution in [0.5, 0.6) is 11.6 Å². The van der Waals surface area contributed by atoms with Gasteiger partial charge in [-0.05, 0) is 18.7 Å². The van der Waals surface area contributed by atoms with Crippen LogP contribution in [0.2, 0.25) is 5.02 Å². The van der Waals surface area contributed by atoms with Crippen molar-refractivity contribution >= 4 is 27.9 Å². The van der Waals surface area contributed by atoms with Gasteiger partial charge in [-0.25, -0.2) is 4.39 Å². The van der Waals surface area contributed by atoms with Crippen LogP contribution >= 0.6 is 22.9 Å². The van der Waals surface area contributed by atoms with Crippen LogP contribution in [0.3, 0.4) is 0 Å². The van der Waals surface area contributed by atoms with Gasteiger partial charge in [0.05, 0.1) is 5.02 Å². The van der Waals surface area contributed by atoms with Crippen molar-refractivity contribution in [3.63, 3.8) is 0 Å². The van der Waals surface area contributed by atoms with Crippen LogP contribution in [0.25, 0.3) is 4.96 Å². The number of nitrogens with one attached hydrogen (secondary N) is 1. The zero-order valence-electron chi connectivity index (χ0n) is 11.3. The number of ether oxygens (including phenoxy) is 1. The van der Waals surface area contributed by atoms with E-state index >= 15 is 0 Å². The summed E-state index contributed by atoms with van der Waals surface area (Å²) in [7, 11) is 0. The average Bonchev–Trinajstić information content (AvgIpc) is 3.03. The van der Waals surface area contributed by atoms with Crippen LogP contribution in [0, 0.1) is 5.82 Å². The van der Waals surface area contributed by atoms with Gasteiger partial charge in [0.15, 0.2) is 16.5 Å². The molecule has 2 heterocycles. The quantitative estimate of drug-likeness (QED) is 0.768. The second-order valence-electron chi connectivity index (χ2n) is 4.35. The van der Waals surface area contributed by atoms with Gasteiger partial charge < -0.3 is 10.1 Å². The van der Waals surface area contributed by atoms with Gasteiger partial charge in [0, 0.05) is 18.1 Å². The Labute approximate surface area is 130 Å². The molecule has 1 N–H and O–H groups in total. The first-order chi connectivity index (χ1) is 10.2. The Morgan fingerprint density at radius 1 is 1.48 bits per heavy atom. The van der Waals surface area contributed by atoms with E-state index in [0.29, 0.717) is 12.4 Å². The van der Waals surface area contributed by atoms with Crippen molar-refractivity contribution in [2.24, 2.45) is 0 Å². The topological polar surface area (TPSA) is 38.6 Å². The van der Waals surface area contributed by atoms with E-state index < -0.39 is 5.82 Å². The summed E-state index contributed by atoms with van der Waals surface area (Å²) in [6.45, 7) is 3.43. The maximum Gasteiger partial charge on any atom is 0.243 e. The van der Waals surface area contributed by atoms with E-state index in [9.17, 15) is 4.39 Å². The first kappa shape index (κ1) is 14.3. The lowest BCUT2D eigenvalue weighted by Gasteiger charge is -2.08. The highest BCUT2D eigenvalue weighted by Crippen LogP contribution is 2.31. The van der Waals surface area contributed by atoms with Crippen LogP contribution in [-0.4, -0.2) is 15.9 Å². The van der Waals surface area contributed by atoms with Crippen LogP contribution in [0.1, 0.15) is 12.6 Å². The minimum atomic E-state index is -0.579. The summed E-state index contributed by atoms with van der Waals surface area (Å²) in [5, 5.41) is 5.20. The molecule has 0 bridgehead atoms. The number of fused-ring (bicyclic) bond motifs is 1. The third kappa shape index (κ3) is 2.74. The van der Waals surface area contributed by atoms with Crippen molar-refractivity contribution in [2.75, 3.05) is 6.54 Å². The van der Waals surface area contributed by atoms with Gasteiger partial charge in [0.1, 0.15) is 5.69 Å². The minimum absolute atomic E-state index is 0.0294. The van der Waals surface area contributed by atoms with Crippen LogP contribution in [-0.2, 0) is 6.54 Å². The summed E-state index contributed by atoms with van der Waals surface area (Å²) in [6.07, 6.45) is 1.92. The molecule has 1 aromatic carbocycles. The van der Waals surface area contributed by atoms with E-state index in [1.54, 1.807) is 6.07 Å². The second-order valence-corrected chi connectivity index (χ2v) is 5.63. The van der Waals surface area contributed by atoms with E-state index in [2.05, 4.69) is 10.3 Å². The fourth-order valence-corrected chi connectivity index (χ4v) is 2.86. The fraction of sp³-hybridized carbons (Fsp3) is 0.214. The molecule has 0 atom stereocenters. The Morgan fingerprint density at radius 3 is 3.14 bits per heavy atom. The van der Waals surface area contributed by atoms with Crippen LogP contribution < -0.4 is 10.1 Å². The molecule has 0 saturated carbocycles. The molecule has 110 valence electrons. The molecule has 21 heavy (non-hydrogen) atoms. The average molecular weight is 326 g/mol. The Morgan fingerprint density at radius 2 is 2.33 bits per heavy atom. The van der Waals surface area contributed by atoms with Crippen molar-refractivity contribution in [3.05, 3.63) is 46.3 Å². The Kier molecular flexibility index (Phi) is 4.10. The number of imidazole rings is 1. The maximum absolute atomic E-state index is 13.9. The van der Waals surface area contributed by atoms with Crippen molar-refractivity contribution < 1.29 is 9.13 Å². The molecule has 4 nitrogen and oxygen atoms in total. The van der Waals surface area contributed by atoms with Gasteiger partial charge in [-0.3, -0.25) is 4.40 Å². The highest BCUT2D eigenvalue weighted by molar-refractivity contribution is 7.15. The smallest absolute Gasteiger partial charge is 0.243 e. The van der Waals surface area contributed by atoms with Crippen LogP contribution in [0.15, 0.2) is 29.8 Å². The maximum atomic E-state index is 13.9.